The molecule has 0 aliphatic heterocycles. The highest BCUT2D eigenvalue weighted by Gasteiger charge is 2.22. The summed E-state index contributed by atoms with van der Waals surface area (Å²) in [6.07, 6.45) is 2.71. The first-order valence-corrected chi connectivity index (χ1v) is 9.71. The maximum absolute atomic E-state index is 12.1. The Balaban J connectivity index is 1.70. The summed E-state index contributed by atoms with van der Waals surface area (Å²) in [7, 11) is 0. The van der Waals surface area contributed by atoms with Crippen LogP contribution in [0.15, 0.2) is 24.3 Å². The van der Waals surface area contributed by atoms with E-state index < -0.39 is 36.5 Å². The third-order valence-electron chi connectivity index (χ3n) is 4.43. The third kappa shape index (κ3) is 7.44. The fraction of sp³-hybridized carbons (Fsp3) is 0.500. The zero-order chi connectivity index (χ0) is 21.2. The van der Waals surface area contributed by atoms with Crippen LogP contribution in [0.4, 0.5) is 4.79 Å². The van der Waals surface area contributed by atoms with Gasteiger partial charge in [0.1, 0.15) is 12.3 Å². The van der Waals surface area contributed by atoms with Crippen LogP contribution in [0, 0.1) is 0 Å². The van der Waals surface area contributed by atoms with E-state index in [-0.39, 0.29) is 6.04 Å². The van der Waals surface area contributed by atoms with Crippen molar-refractivity contribution in [3.63, 3.8) is 0 Å². The van der Waals surface area contributed by atoms with Gasteiger partial charge in [0, 0.05) is 11.6 Å². The number of benzene rings is 1. The summed E-state index contributed by atoms with van der Waals surface area (Å²) < 4.78 is 10.3. The zero-order valence-corrected chi connectivity index (χ0v) is 16.7. The Bertz CT molecular complexity index is 728. The summed E-state index contributed by atoms with van der Waals surface area (Å²) in [6, 6.07) is 5.92. The van der Waals surface area contributed by atoms with Gasteiger partial charge >= 0.3 is 12.0 Å². The average molecular weight is 405 g/mol. The van der Waals surface area contributed by atoms with E-state index in [9.17, 15) is 19.2 Å². The van der Waals surface area contributed by atoms with E-state index in [1.54, 1.807) is 24.3 Å². The van der Waals surface area contributed by atoms with Crippen molar-refractivity contribution in [1.82, 2.24) is 16.0 Å². The van der Waals surface area contributed by atoms with Gasteiger partial charge in [-0.05, 0) is 51.0 Å². The van der Waals surface area contributed by atoms with Crippen molar-refractivity contribution < 1.29 is 28.7 Å². The zero-order valence-electron chi connectivity index (χ0n) is 16.7. The number of hydrogen-bond acceptors (Lipinski definition) is 6. The summed E-state index contributed by atoms with van der Waals surface area (Å²) in [4.78, 5) is 47.7. The molecule has 2 rings (SSSR count). The molecule has 0 heterocycles. The number of esters is 1. The number of imide groups is 1. The summed E-state index contributed by atoms with van der Waals surface area (Å²) >= 11 is 0. The first-order chi connectivity index (χ1) is 13.9. The topological polar surface area (TPSA) is 123 Å². The highest BCUT2D eigenvalue weighted by atomic mass is 16.5. The molecule has 1 saturated carbocycles. The van der Waals surface area contributed by atoms with Crippen molar-refractivity contribution in [2.45, 2.75) is 51.7 Å². The van der Waals surface area contributed by atoms with Crippen LogP contribution in [-0.2, 0) is 14.3 Å². The Morgan fingerprint density at radius 1 is 1.10 bits per heavy atom. The minimum atomic E-state index is -1.17. The molecule has 158 valence electrons. The van der Waals surface area contributed by atoms with Gasteiger partial charge in [-0.25, -0.2) is 4.79 Å². The second-order valence-corrected chi connectivity index (χ2v) is 6.72. The molecule has 0 bridgehead atoms. The molecule has 1 aromatic rings. The van der Waals surface area contributed by atoms with Crippen molar-refractivity contribution in [3.05, 3.63) is 29.8 Å². The van der Waals surface area contributed by atoms with Crippen LogP contribution in [0.25, 0.3) is 0 Å². The molecule has 1 aliphatic carbocycles. The van der Waals surface area contributed by atoms with E-state index in [0.717, 1.165) is 25.7 Å². The number of ether oxygens (including phenoxy) is 2. The normalized spacial score (nSPS) is 14.6. The highest BCUT2D eigenvalue weighted by Crippen LogP contribution is 2.17. The smallest absolute Gasteiger partial charge is 0.326 e. The van der Waals surface area contributed by atoms with E-state index in [1.807, 2.05) is 6.92 Å². The lowest BCUT2D eigenvalue weighted by molar-refractivity contribution is -0.153. The number of amides is 4. The van der Waals surface area contributed by atoms with Crippen molar-refractivity contribution >= 4 is 23.8 Å². The maximum atomic E-state index is 12.1. The van der Waals surface area contributed by atoms with Crippen molar-refractivity contribution in [2.75, 3.05) is 13.2 Å². The SMILES string of the molecule is CCOc1ccc(C(=O)NCC(=O)O[C@@H](C)C(=O)NC(=O)NC2CCCC2)cc1. The van der Waals surface area contributed by atoms with Gasteiger partial charge in [0.15, 0.2) is 6.10 Å². The van der Waals surface area contributed by atoms with Gasteiger partial charge in [-0.15, -0.1) is 0 Å². The molecule has 0 spiro atoms. The van der Waals surface area contributed by atoms with Crippen LogP contribution < -0.4 is 20.7 Å². The molecule has 1 fully saturated rings. The molecular weight excluding hydrogens is 378 g/mol. The molecule has 0 radical (unpaired) electrons. The van der Waals surface area contributed by atoms with Gasteiger partial charge < -0.3 is 20.1 Å². The van der Waals surface area contributed by atoms with E-state index in [4.69, 9.17) is 9.47 Å². The molecule has 4 amide bonds. The largest absolute Gasteiger partial charge is 0.494 e. The Morgan fingerprint density at radius 3 is 2.38 bits per heavy atom. The Labute approximate surface area is 169 Å². The summed E-state index contributed by atoms with van der Waals surface area (Å²) in [6.45, 7) is 3.32. The van der Waals surface area contributed by atoms with E-state index in [0.29, 0.717) is 17.9 Å². The van der Waals surface area contributed by atoms with Gasteiger partial charge in [-0.3, -0.25) is 19.7 Å². The average Bonchev–Trinajstić information content (AvgIpc) is 3.19. The number of hydrogen-bond donors (Lipinski definition) is 3. The van der Waals surface area contributed by atoms with E-state index >= 15 is 0 Å². The van der Waals surface area contributed by atoms with Crippen LogP contribution in [0.2, 0.25) is 0 Å². The molecule has 1 aromatic carbocycles. The van der Waals surface area contributed by atoms with Crippen LogP contribution >= 0.6 is 0 Å². The minimum absolute atomic E-state index is 0.0680. The summed E-state index contributed by atoms with van der Waals surface area (Å²) in [5, 5.41) is 7.28. The number of carbonyl (C=O) groups is 4. The molecule has 0 unspecified atom stereocenters. The fourth-order valence-electron chi connectivity index (χ4n) is 2.92. The molecule has 3 N–H and O–H groups in total. The van der Waals surface area contributed by atoms with Gasteiger partial charge in [-0.2, -0.15) is 0 Å². The first-order valence-electron chi connectivity index (χ1n) is 9.71. The third-order valence-corrected chi connectivity index (χ3v) is 4.43. The second kappa shape index (κ2) is 11.0. The van der Waals surface area contributed by atoms with Gasteiger partial charge in [0.05, 0.1) is 6.61 Å². The van der Waals surface area contributed by atoms with Gasteiger partial charge in [-0.1, -0.05) is 12.8 Å². The lowest BCUT2D eigenvalue weighted by Crippen LogP contribution is -2.47. The lowest BCUT2D eigenvalue weighted by Gasteiger charge is -2.15. The second-order valence-electron chi connectivity index (χ2n) is 6.72. The van der Waals surface area contributed by atoms with Crippen LogP contribution in [-0.4, -0.2) is 49.1 Å². The molecule has 1 aliphatic rings. The van der Waals surface area contributed by atoms with Crippen LogP contribution in [0.5, 0.6) is 5.75 Å². The monoisotopic (exact) mass is 405 g/mol. The van der Waals surface area contributed by atoms with E-state index in [2.05, 4.69) is 16.0 Å². The maximum Gasteiger partial charge on any atom is 0.326 e. The highest BCUT2D eigenvalue weighted by molar-refractivity contribution is 5.98. The fourth-order valence-corrected chi connectivity index (χ4v) is 2.92. The molecular formula is C20H27N3O6. The minimum Gasteiger partial charge on any atom is -0.494 e. The van der Waals surface area contributed by atoms with E-state index in [1.165, 1.54) is 6.92 Å². The first kappa shape index (κ1) is 22.2. The number of rotatable bonds is 8. The van der Waals surface area contributed by atoms with Crippen molar-refractivity contribution in [1.29, 1.82) is 0 Å². The number of carbonyl (C=O) groups excluding carboxylic acids is 4. The molecule has 9 nitrogen and oxygen atoms in total. The molecule has 0 aromatic heterocycles. The number of urea groups is 1. The summed E-state index contributed by atoms with van der Waals surface area (Å²) in [5.41, 5.74) is 0.357. The van der Waals surface area contributed by atoms with Crippen LogP contribution in [0.3, 0.4) is 0 Å². The van der Waals surface area contributed by atoms with Gasteiger partial charge in [0.25, 0.3) is 11.8 Å². The Kier molecular flexibility index (Phi) is 8.45. The molecule has 1 atom stereocenters. The van der Waals surface area contributed by atoms with Gasteiger partial charge in [0.2, 0.25) is 0 Å². The summed E-state index contributed by atoms with van der Waals surface area (Å²) in [5.74, 6) is -1.34. The van der Waals surface area contributed by atoms with Crippen molar-refractivity contribution in [2.24, 2.45) is 0 Å². The Hall–Kier alpha value is -3.10. The molecule has 29 heavy (non-hydrogen) atoms. The molecule has 0 saturated heterocycles. The number of nitrogens with one attached hydrogen (secondary N) is 3. The molecule has 9 heteroatoms. The standard InChI is InChI=1S/C20H27N3O6/c1-3-28-16-10-8-14(9-11-16)19(26)21-12-17(24)29-13(2)18(25)23-20(27)22-15-6-4-5-7-15/h8-11,13,15H,3-7,12H2,1-2H3,(H,21,26)(H2,22,23,25,27)/t13-/m0/s1. The Morgan fingerprint density at radius 2 is 1.76 bits per heavy atom. The quantitative estimate of drug-likeness (QED) is 0.564. The van der Waals surface area contributed by atoms with Crippen molar-refractivity contribution in [3.8, 4) is 5.75 Å². The lowest BCUT2D eigenvalue weighted by atomic mass is 10.2. The predicted octanol–water partition coefficient (Wildman–Crippen LogP) is 1.52. The predicted molar refractivity (Wildman–Crippen MR) is 104 cm³/mol. The van der Waals surface area contributed by atoms with Crippen LogP contribution in [0.1, 0.15) is 49.9 Å².